The minimum atomic E-state index is -0.632. The average molecular weight is 381 g/mol. The van der Waals surface area contributed by atoms with Gasteiger partial charge in [-0.2, -0.15) is 5.10 Å². The summed E-state index contributed by atoms with van der Waals surface area (Å²) in [5, 5.41) is 14.3. The number of nitrogens with zero attached hydrogens (tertiary/aromatic N) is 2. The normalized spacial score (nSPS) is 9.92. The van der Waals surface area contributed by atoms with Crippen LogP contribution >= 0.6 is 12.4 Å². The SMILES string of the molecule is Cc1cc(C(=O)NCc2ccc(C(=N)N)cc2OCC(N)=O)nn1C.Cl. The van der Waals surface area contributed by atoms with Crippen LogP contribution in [0.15, 0.2) is 24.3 Å². The molecule has 2 aromatic rings. The van der Waals surface area contributed by atoms with Crippen LogP contribution < -0.4 is 21.5 Å². The fraction of sp³-hybridized carbons (Fsp3) is 0.250. The maximum absolute atomic E-state index is 12.2. The number of nitrogens with one attached hydrogen (secondary N) is 2. The van der Waals surface area contributed by atoms with Crippen LogP contribution in [-0.2, 0) is 18.4 Å². The largest absolute Gasteiger partial charge is 0.483 e. The van der Waals surface area contributed by atoms with Crippen LogP contribution in [0.3, 0.4) is 0 Å². The summed E-state index contributed by atoms with van der Waals surface area (Å²) < 4.78 is 6.96. The lowest BCUT2D eigenvalue weighted by atomic mass is 10.1. The molecular weight excluding hydrogens is 360 g/mol. The lowest BCUT2D eigenvalue weighted by molar-refractivity contribution is -0.119. The number of carbonyl (C=O) groups excluding carboxylic acids is 2. The molecule has 0 bridgehead atoms. The summed E-state index contributed by atoms with van der Waals surface area (Å²) in [4.78, 5) is 23.1. The van der Waals surface area contributed by atoms with Crippen molar-refractivity contribution in [2.24, 2.45) is 18.5 Å². The lowest BCUT2D eigenvalue weighted by Gasteiger charge is -2.12. The number of benzene rings is 1. The Morgan fingerprint density at radius 1 is 1.31 bits per heavy atom. The van der Waals surface area contributed by atoms with E-state index in [1.165, 1.54) is 6.07 Å². The van der Waals surface area contributed by atoms with Crippen molar-refractivity contribution in [2.75, 3.05) is 6.61 Å². The summed E-state index contributed by atoms with van der Waals surface area (Å²) in [6.45, 7) is 1.68. The van der Waals surface area contributed by atoms with Crippen molar-refractivity contribution in [1.29, 1.82) is 5.41 Å². The molecule has 1 aromatic heterocycles. The van der Waals surface area contributed by atoms with Crippen molar-refractivity contribution in [3.8, 4) is 5.75 Å². The van der Waals surface area contributed by atoms with E-state index in [1.54, 1.807) is 29.9 Å². The topological polar surface area (TPSA) is 149 Å². The first kappa shape index (κ1) is 21.0. The van der Waals surface area contributed by atoms with Gasteiger partial charge in [-0.1, -0.05) is 12.1 Å². The minimum absolute atomic E-state index is 0. The van der Waals surface area contributed by atoms with Gasteiger partial charge in [0.1, 0.15) is 17.3 Å². The Hall–Kier alpha value is -3.07. The monoisotopic (exact) mass is 380 g/mol. The van der Waals surface area contributed by atoms with Crippen LogP contribution in [0, 0.1) is 12.3 Å². The zero-order chi connectivity index (χ0) is 18.6. The fourth-order valence-corrected chi connectivity index (χ4v) is 2.09. The number of aromatic nitrogens is 2. The van der Waals surface area contributed by atoms with Crippen LogP contribution in [0.25, 0.3) is 0 Å². The van der Waals surface area contributed by atoms with E-state index < -0.39 is 5.91 Å². The maximum atomic E-state index is 12.2. The van der Waals surface area contributed by atoms with Crippen molar-refractivity contribution < 1.29 is 14.3 Å². The zero-order valence-corrected chi connectivity index (χ0v) is 15.2. The molecule has 0 saturated heterocycles. The molecule has 0 spiro atoms. The van der Waals surface area contributed by atoms with Gasteiger partial charge in [0.15, 0.2) is 6.61 Å². The van der Waals surface area contributed by atoms with E-state index in [4.69, 9.17) is 21.6 Å². The summed E-state index contributed by atoms with van der Waals surface area (Å²) in [6.07, 6.45) is 0. The van der Waals surface area contributed by atoms with Crippen molar-refractivity contribution >= 4 is 30.1 Å². The highest BCUT2D eigenvalue weighted by Crippen LogP contribution is 2.20. The maximum Gasteiger partial charge on any atom is 0.272 e. The van der Waals surface area contributed by atoms with Gasteiger partial charge in [-0.25, -0.2) is 0 Å². The number of amidine groups is 1. The molecule has 6 N–H and O–H groups in total. The van der Waals surface area contributed by atoms with Gasteiger partial charge in [0.05, 0.1) is 0 Å². The van der Waals surface area contributed by atoms with Crippen molar-refractivity contribution in [2.45, 2.75) is 13.5 Å². The summed E-state index contributed by atoms with van der Waals surface area (Å²) in [5.74, 6) is -0.778. The Bertz CT molecular complexity index is 814. The average Bonchev–Trinajstić information content (AvgIpc) is 2.90. The fourth-order valence-electron chi connectivity index (χ4n) is 2.09. The number of primary amides is 1. The van der Waals surface area contributed by atoms with Crippen molar-refractivity contribution in [3.63, 3.8) is 0 Å². The van der Waals surface area contributed by atoms with Gasteiger partial charge in [0.2, 0.25) is 0 Å². The molecule has 9 nitrogen and oxygen atoms in total. The highest BCUT2D eigenvalue weighted by atomic mass is 35.5. The molecule has 26 heavy (non-hydrogen) atoms. The predicted molar refractivity (Wildman–Crippen MR) is 98.5 cm³/mol. The summed E-state index contributed by atoms with van der Waals surface area (Å²) >= 11 is 0. The van der Waals surface area contributed by atoms with Crippen LogP contribution in [0.4, 0.5) is 0 Å². The highest BCUT2D eigenvalue weighted by Gasteiger charge is 2.13. The Labute approximate surface area is 156 Å². The first-order valence-corrected chi connectivity index (χ1v) is 7.45. The molecule has 2 amide bonds. The first-order valence-electron chi connectivity index (χ1n) is 7.45. The molecule has 0 aliphatic carbocycles. The Kier molecular flexibility index (Phi) is 7.15. The predicted octanol–water partition coefficient (Wildman–Crippen LogP) is 0.228. The molecule has 0 aliphatic rings. The first-order chi connectivity index (χ1) is 11.8. The number of aryl methyl sites for hydroxylation is 2. The standard InChI is InChI=1S/C16H20N6O3.ClH/c1-9-5-12(21-22(9)2)16(24)20-7-11-4-3-10(15(18)19)6-13(11)25-8-14(17)23;/h3-6H,7-8H2,1-2H3,(H2,17,23)(H3,18,19)(H,20,24);1H. The molecule has 0 fully saturated rings. The molecule has 2 rings (SSSR count). The Morgan fingerprint density at radius 3 is 2.54 bits per heavy atom. The molecule has 0 saturated carbocycles. The molecule has 0 radical (unpaired) electrons. The van der Waals surface area contributed by atoms with Crippen molar-refractivity contribution in [3.05, 3.63) is 46.8 Å². The quantitative estimate of drug-likeness (QED) is 0.400. The molecule has 0 atom stereocenters. The smallest absolute Gasteiger partial charge is 0.272 e. The van der Waals surface area contributed by atoms with Gasteiger partial charge in [-0.05, 0) is 19.1 Å². The number of nitrogens with two attached hydrogens (primary N) is 2. The van der Waals surface area contributed by atoms with Gasteiger partial charge in [-0.15, -0.1) is 12.4 Å². The summed E-state index contributed by atoms with van der Waals surface area (Å²) in [6, 6.07) is 6.50. The number of amides is 2. The van der Waals surface area contributed by atoms with E-state index in [2.05, 4.69) is 10.4 Å². The number of hydrogen-bond acceptors (Lipinski definition) is 5. The number of hydrogen-bond donors (Lipinski definition) is 4. The van der Waals surface area contributed by atoms with E-state index in [-0.39, 0.29) is 37.3 Å². The third-order valence-electron chi connectivity index (χ3n) is 3.53. The molecule has 10 heteroatoms. The Balaban J connectivity index is 0.00000338. The lowest BCUT2D eigenvalue weighted by Crippen LogP contribution is -2.25. The Morgan fingerprint density at radius 2 is 2.00 bits per heavy atom. The van der Waals surface area contributed by atoms with Crippen LogP contribution in [0.5, 0.6) is 5.75 Å². The van der Waals surface area contributed by atoms with Gasteiger partial charge in [0.25, 0.3) is 11.8 Å². The summed E-state index contributed by atoms with van der Waals surface area (Å²) in [5.41, 5.74) is 12.8. The second-order valence-corrected chi connectivity index (χ2v) is 5.47. The third kappa shape index (κ3) is 5.21. The number of carbonyl (C=O) groups is 2. The number of halogens is 1. The van der Waals surface area contributed by atoms with E-state index >= 15 is 0 Å². The molecule has 1 aromatic carbocycles. The van der Waals surface area contributed by atoms with Gasteiger partial charge in [0, 0.05) is 30.4 Å². The van der Waals surface area contributed by atoms with Crippen LogP contribution in [-0.4, -0.2) is 34.0 Å². The number of nitrogen functional groups attached to an aromatic ring is 1. The molecule has 140 valence electrons. The summed E-state index contributed by atoms with van der Waals surface area (Å²) in [7, 11) is 1.75. The van der Waals surface area contributed by atoms with E-state index in [9.17, 15) is 9.59 Å². The molecule has 1 heterocycles. The third-order valence-corrected chi connectivity index (χ3v) is 3.53. The van der Waals surface area contributed by atoms with E-state index in [1.807, 2.05) is 6.92 Å². The molecule has 0 unspecified atom stereocenters. The van der Waals surface area contributed by atoms with Crippen LogP contribution in [0.1, 0.15) is 27.3 Å². The highest BCUT2D eigenvalue weighted by molar-refractivity contribution is 5.95. The zero-order valence-electron chi connectivity index (χ0n) is 14.4. The molecule has 0 aliphatic heterocycles. The number of rotatable bonds is 7. The molecular formula is C16H21ClN6O3. The second-order valence-electron chi connectivity index (χ2n) is 5.47. The second kappa shape index (κ2) is 8.86. The minimum Gasteiger partial charge on any atom is -0.483 e. The van der Waals surface area contributed by atoms with E-state index in [0.29, 0.717) is 22.6 Å². The van der Waals surface area contributed by atoms with Gasteiger partial charge < -0.3 is 21.5 Å². The number of ether oxygens (including phenoxy) is 1. The van der Waals surface area contributed by atoms with Crippen molar-refractivity contribution in [1.82, 2.24) is 15.1 Å². The van der Waals surface area contributed by atoms with E-state index in [0.717, 1.165) is 5.69 Å². The van der Waals surface area contributed by atoms with Gasteiger partial charge >= 0.3 is 0 Å². The van der Waals surface area contributed by atoms with Crippen LogP contribution in [0.2, 0.25) is 0 Å². The van der Waals surface area contributed by atoms with Gasteiger partial charge in [-0.3, -0.25) is 19.7 Å².